The fourth-order valence-electron chi connectivity index (χ4n) is 2.55. The Morgan fingerprint density at radius 1 is 1.05 bits per heavy atom. The number of aromatic amines is 1. The average molecular weight is 306 g/mol. The summed E-state index contributed by atoms with van der Waals surface area (Å²) in [4.78, 5) is 5.65. The quantitative estimate of drug-likeness (QED) is 0.544. The number of rotatable bonds is 3. The van der Waals surface area contributed by atoms with Crippen LogP contribution in [0.5, 0.6) is 0 Å². The minimum Gasteiger partial charge on any atom is -0.338 e. The number of benzene rings is 2. The van der Waals surface area contributed by atoms with Gasteiger partial charge in [-0.05, 0) is 42.7 Å². The molecule has 0 unspecified atom stereocenters. The summed E-state index contributed by atoms with van der Waals surface area (Å²) < 4.78 is 0. The van der Waals surface area contributed by atoms with E-state index in [4.69, 9.17) is 0 Å². The predicted molar refractivity (Wildman–Crippen MR) is 92.9 cm³/mol. The molecule has 4 nitrogen and oxygen atoms in total. The smallest absolute Gasteiger partial charge is 0.160 e. The van der Waals surface area contributed by atoms with Crippen LogP contribution in [0.3, 0.4) is 0 Å². The molecule has 4 aromatic rings. The van der Waals surface area contributed by atoms with Crippen molar-refractivity contribution in [2.24, 2.45) is 0 Å². The summed E-state index contributed by atoms with van der Waals surface area (Å²) in [7, 11) is 0. The van der Waals surface area contributed by atoms with Crippen molar-refractivity contribution < 1.29 is 0 Å². The number of thioether (sulfide) groups is 1. The number of fused-ring (bicyclic) bond motifs is 2. The number of anilines is 2. The van der Waals surface area contributed by atoms with Gasteiger partial charge in [-0.1, -0.05) is 12.1 Å². The summed E-state index contributed by atoms with van der Waals surface area (Å²) in [6.07, 6.45) is 3.89. The summed E-state index contributed by atoms with van der Waals surface area (Å²) in [6, 6.07) is 16.4. The van der Waals surface area contributed by atoms with E-state index in [2.05, 4.69) is 51.0 Å². The molecule has 2 heterocycles. The van der Waals surface area contributed by atoms with E-state index in [0.717, 1.165) is 33.3 Å². The number of hydrogen-bond donors (Lipinski definition) is 2. The van der Waals surface area contributed by atoms with Gasteiger partial charge in [0, 0.05) is 21.9 Å². The number of nitrogens with zero attached hydrogens (tertiary/aromatic N) is 2. The zero-order valence-corrected chi connectivity index (χ0v) is 12.8. The Balaban J connectivity index is 1.84. The van der Waals surface area contributed by atoms with Gasteiger partial charge in [0.15, 0.2) is 5.82 Å². The third-order valence-electron chi connectivity index (χ3n) is 3.67. The second kappa shape index (κ2) is 5.35. The second-order valence-corrected chi connectivity index (χ2v) is 5.86. The summed E-state index contributed by atoms with van der Waals surface area (Å²) in [5.74, 6) is 0.831. The fraction of sp³-hybridized carbons (Fsp3) is 0.0588. The molecular formula is C17H14N4S. The van der Waals surface area contributed by atoms with Crippen LogP contribution in [-0.4, -0.2) is 21.4 Å². The molecule has 0 radical (unpaired) electrons. The van der Waals surface area contributed by atoms with Crippen molar-refractivity contribution in [2.75, 3.05) is 11.6 Å². The predicted octanol–water partition coefficient (Wildman–Crippen LogP) is 4.58. The monoisotopic (exact) mass is 306 g/mol. The van der Waals surface area contributed by atoms with E-state index >= 15 is 0 Å². The molecule has 22 heavy (non-hydrogen) atoms. The zero-order valence-electron chi connectivity index (χ0n) is 12.0. The van der Waals surface area contributed by atoms with Gasteiger partial charge in [-0.25, -0.2) is 0 Å². The molecule has 0 saturated heterocycles. The first-order valence-electron chi connectivity index (χ1n) is 6.98. The van der Waals surface area contributed by atoms with E-state index in [-0.39, 0.29) is 0 Å². The fourth-order valence-corrected chi connectivity index (χ4v) is 2.99. The van der Waals surface area contributed by atoms with Crippen molar-refractivity contribution in [3.05, 3.63) is 54.7 Å². The Morgan fingerprint density at radius 2 is 1.95 bits per heavy atom. The molecule has 4 rings (SSSR count). The van der Waals surface area contributed by atoms with Crippen LogP contribution in [0.1, 0.15) is 0 Å². The molecule has 0 bridgehead atoms. The third-order valence-corrected chi connectivity index (χ3v) is 4.40. The molecule has 5 heteroatoms. The van der Waals surface area contributed by atoms with E-state index in [1.165, 1.54) is 4.90 Å². The Bertz CT molecular complexity index is 961. The Kier molecular flexibility index (Phi) is 3.20. The molecule has 0 aliphatic carbocycles. The molecule has 0 saturated carbocycles. The van der Waals surface area contributed by atoms with Crippen molar-refractivity contribution in [3.63, 3.8) is 0 Å². The molecule has 0 amide bonds. The molecule has 2 aromatic carbocycles. The van der Waals surface area contributed by atoms with Gasteiger partial charge < -0.3 is 5.32 Å². The van der Waals surface area contributed by atoms with E-state index in [9.17, 15) is 0 Å². The molecular weight excluding hydrogens is 292 g/mol. The molecule has 0 atom stereocenters. The van der Waals surface area contributed by atoms with Crippen LogP contribution in [-0.2, 0) is 0 Å². The van der Waals surface area contributed by atoms with Gasteiger partial charge in [0.25, 0.3) is 0 Å². The van der Waals surface area contributed by atoms with Gasteiger partial charge >= 0.3 is 0 Å². The van der Waals surface area contributed by atoms with Gasteiger partial charge in [-0.3, -0.25) is 10.1 Å². The Morgan fingerprint density at radius 3 is 2.86 bits per heavy atom. The number of para-hydroxylation sites is 1. The molecule has 0 fully saturated rings. The molecule has 108 valence electrons. The minimum atomic E-state index is 0.831. The van der Waals surface area contributed by atoms with Crippen molar-refractivity contribution in [1.29, 1.82) is 0 Å². The number of nitrogens with one attached hydrogen (secondary N) is 2. The van der Waals surface area contributed by atoms with Gasteiger partial charge in [0.2, 0.25) is 0 Å². The maximum Gasteiger partial charge on any atom is 0.160 e. The van der Waals surface area contributed by atoms with Gasteiger partial charge in [0.1, 0.15) is 0 Å². The van der Waals surface area contributed by atoms with Crippen LogP contribution in [0.15, 0.2) is 59.6 Å². The van der Waals surface area contributed by atoms with Crippen molar-refractivity contribution in [1.82, 2.24) is 15.2 Å². The maximum atomic E-state index is 4.43. The lowest BCUT2D eigenvalue weighted by Gasteiger charge is -2.08. The first kappa shape index (κ1) is 13.2. The van der Waals surface area contributed by atoms with Crippen LogP contribution in [0, 0.1) is 0 Å². The topological polar surface area (TPSA) is 53.6 Å². The number of hydrogen-bond acceptors (Lipinski definition) is 4. The highest BCUT2D eigenvalue weighted by molar-refractivity contribution is 7.98. The van der Waals surface area contributed by atoms with E-state index in [1.807, 2.05) is 30.5 Å². The van der Waals surface area contributed by atoms with Crippen LogP contribution in [0.2, 0.25) is 0 Å². The van der Waals surface area contributed by atoms with E-state index in [0.29, 0.717) is 0 Å². The van der Waals surface area contributed by atoms with Crippen molar-refractivity contribution in [2.45, 2.75) is 4.90 Å². The highest BCUT2D eigenvalue weighted by atomic mass is 32.2. The van der Waals surface area contributed by atoms with Crippen molar-refractivity contribution >= 4 is 45.1 Å². The number of pyridine rings is 1. The molecule has 0 spiro atoms. The molecule has 0 aliphatic rings. The Labute approximate surface area is 132 Å². The van der Waals surface area contributed by atoms with E-state index in [1.54, 1.807) is 11.8 Å². The summed E-state index contributed by atoms with van der Waals surface area (Å²) in [6.45, 7) is 0. The Hall–Kier alpha value is -2.53. The highest BCUT2D eigenvalue weighted by Crippen LogP contribution is 2.30. The largest absolute Gasteiger partial charge is 0.338 e. The molecule has 2 aromatic heterocycles. The van der Waals surface area contributed by atoms with Gasteiger partial charge in [0.05, 0.1) is 16.7 Å². The average Bonchev–Trinajstić information content (AvgIpc) is 2.98. The first-order valence-corrected chi connectivity index (χ1v) is 8.20. The number of H-pyrrole nitrogens is 1. The second-order valence-electron chi connectivity index (χ2n) is 4.98. The maximum absolute atomic E-state index is 4.43. The van der Waals surface area contributed by atoms with Gasteiger partial charge in [-0.2, -0.15) is 5.10 Å². The standard InChI is InChI=1S/C17H14N4S/c1-22-11-6-7-14-13(10-11)15(8-9-18-14)19-17-12-4-2-3-5-16(12)20-21-17/h2-10H,1H3,(H2,18,19,20,21). The zero-order chi connectivity index (χ0) is 14.9. The van der Waals surface area contributed by atoms with Gasteiger partial charge in [-0.15, -0.1) is 11.8 Å². The van der Waals surface area contributed by atoms with Crippen LogP contribution < -0.4 is 5.32 Å². The summed E-state index contributed by atoms with van der Waals surface area (Å²) in [5.41, 5.74) is 3.01. The normalized spacial score (nSPS) is 11.1. The SMILES string of the molecule is CSc1ccc2nccc(Nc3n[nH]c4ccccc34)c2c1. The van der Waals surface area contributed by atoms with E-state index < -0.39 is 0 Å². The lowest BCUT2D eigenvalue weighted by atomic mass is 10.2. The molecule has 2 N–H and O–H groups in total. The van der Waals surface area contributed by atoms with Crippen LogP contribution >= 0.6 is 11.8 Å². The lowest BCUT2D eigenvalue weighted by Crippen LogP contribution is -1.93. The highest BCUT2D eigenvalue weighted by Gasteiger charge is 2.08. The minimum absolute atomic E-state index is 0.831. The third kappa shape index (κ3) is 2.19. The lowest BCUT2D eigenvalue weighted by molar-refractivity contribution is 1.12. The summed E-state index contributed by atoms with van der Waals surface area (Å²) >= 11 is 1.73. The summed E-state index contributed by atoms with van der Waals surface area (Å²) in [5, 5.41) is 13.0. The van der Waals surface area contributed by atoms with Crippen LogP contribution in [0.25, 0.3) is 21.8 Å². The number of aromatic nitrogens is 3. The van der Waals surface area contributed by atoms with Crippen LogP contribution in [0.4, 0.5) is 11.5 Å². The van der Waals surface area contributed by atoms with Crippen molar-refractivity contribution in [3.8, 4) is 0 Å². The first-order chi connectivity index (χ1) is 10.8. The molecule has 0 aliphatic heterocycles.